The van der Waals surface area contributed by atoms with Crippen LogP contribution < -0.4 is 0 Å². The second-order valence-electron chi connectivity index (χ2n) is 20.2. The lowest BCUT2D eigenvalue weighted by Gasteiger charge is -2.18. The quantitative estimate of drug-likeness (QED) is 0.0261. The van der Waals surface area contributed by atoms with Crippen LogP contribution in [0.2, 0.25) is 0 Å². The summed E-state index contributed by atoms with van der Waals surface area (Å²) in [6.07, 6.45) is 107. The summed E-state index contributed by atoms with van der Waals surface area (Å²) in [6.45, 7) is 6.17. The van der Waals surface area contributed by atoms with E-state index in [0.717, 1.165) is 173 Å². The van der Waals surface area contributed by atoms with E-state index >= 15 is 0 Å². The van der Waals surface area contributed by atoms with Crippen molar-refractivity contribution in [2.24, 2.45) is 0 Å². The van der Waals surface area contributed by atoms with E-state index in [0.29, 0.717) is 19.3 Å². The van der Waals surface area contributed by atoms with E-state index in [-0.39, 0.29) is 38.0 Å². The molecule has 0 radical (unpaired) electrons. The normalized spacial score (nSPS) is 13.6. The lowest BCUT2D eigenvalue weighted by Crippen LogP contribution is -2.30. The fourth-order valence-electron chi connectivity index (χ4n) is 7.75. The number of allylic oxidation sites excluding steroid dienone is 36. The van der Waals surface area contributed by atoms with E-state index in [1.165, 1.54) is 0 Å². The van der Waals surface area contributed by atoms with Gasteiger partial charge >= 0.3 is 17.9 Å². The SMILES string of the molecule is CC/C=C\C/C=C\C/C=C\C/C=C\C/C=C\C/C=C\C/C=C\C/C=C\C/C=C\CCCCCCCC(=O)OCC(COC(=O)CCCC/C=C\C/C=C\C/C=C\C/C=C\CC)OC(=O)CCC/C=C\C/C=C\C/C=C\C/C=C\C/C=C\CC. The molecule has 0 bridgehead atoms. The van der Waals surface area contributed by atoms with Gasteiger partial charge in [0.05, 0.1) is 0 Å². The monoisotopic (exact) mass is 1130 g/mol. The Morgan fingerprint density at radius 1 is 0.241 bits per heavy atom. The van der Waals surface area contributed by atoms with Crippen LogP contribution in [0.15, 0.2) is 219 Å². The van der Waals surface area contributed by atoms with Crippen molar-refractivity contribution in [3.63, 3.8) is 0 Å². The third kappa shape index (κ3) is 66.4. The number of hydrogen-bond donors (Lipinski definition) is 0. The molecule has 0 saturated heterocycles. The zero-order valence-corrected chi connectivity index (χ0v) is 52.4. The van der Waals surface area contributed by atoms with Crippen molar-refractivity contribution in [2.45, 2.75) is 232 Å². The predicted molar refractivity (Wildman–Crippen MR) is 361 cm³/mol. The fourth-order valence-corrected chi connectivity index (χ4v) is 7.75. The van der Waals surface area contributed by atoms with Gasteiger partial charge in [-0.2, -0.15) is 0 Å². The van der Waals surface area contributed by atoms with Gasteiger partial charge in [0.1, 0.15) is 13.2 Å². The molecular weight excluding hydrogens is 1020 g/mol. The maximum Gasteiger partial charge on any atom is 0.306 e. The molecule has 0 aromatic carbocycles. The molecule has 1 atom stereocenters. The van der Waals surface area contributed by atoms with E-state index in [9.17, 15) is 14.4 Å². The number of carbonyl (C=O) groups is 3. The van der Waals surface area contributed by atoms with Crippen molar-refractivity contribution < 1.29 is 28.6 Å². The minimum absolute atomic E-state index is 0.137. The van der Waals surface area contributed by atoms with Crippen molar-refractivity contribution in [1.29, 1.82) is 0 Å². The van der Waals surface area contributed by atoms with Gasteiger partial charge in [0.25, 0.3) is 0 Å². The Morgan fingerprint density at radius 2 is 0.446 bits per heavy atom. The first-order valence-corrected chi connectivity index (χ1v) is 32.2. The van der Waals surface area contributed by atoms with Crippen LogP contribution in [0.25, 0.3) is 0 Å². The number of carbonyl (C=O) groups excluding carboxylic acids is 3. The van der Waals surface area contributed by atoms with Crippen molar-refractivity contribution in [2.75, 3.05) is 13.2 Å². The van der Waals surface area contributed by atoms with Crippen molar-refractivity contribution >= 4 is 17.9 Å². The highest BCUT2D eigenvalue weighted by Crippen LogP contribution is 2.11. The molecule has 0 aliphatic rings. The molecule has 0 aliphatic heterocycles. The summed E-state index contributed by atoms with van der Waals surface area (Å²) >= 11 is 0. The summed E-state index contributed by atoms with van der Waals surface area (Å²) in [6, 6.07) is 0. The van der Waals surface area contributed by atoms with E-state index in [2.05, 4.69) is 240 Å². The van der Waals surface area contributed by atoms with Gasteiger partial charge < -0.3 is 14.2 Å². The van der Waals surface area contributed by atoms with Gasteiger partial charge in [0, 0.05) is 19.3 Å². The molecule has 6 heteroatoms. The van der Waals surface area contributed by atoms with Crippen LogP contribution in [0.3, 0.4) is 0 Å². The molecule has 0 N–H and O–H groups in total. The molecule has 83 heavy (non-hydrogen) atoms. The smallest absolute Gasteiger partial charge is 0.306 e. The second kappa shape index (κ2) is 68.2. The number of hydrogen-bond acceptors (Lipinski definition) is 6. The highest BCUT2D eigenvalue weighted by molar-refractivity contribution is 5.71. The standard InChI is InChI=1S/C77H114O6/c1-4-7-10-13-16-19-22-25-28-30-31-32-33-34-35-36-37-38-39-40-41-42-43-44-45-47-49-52-55-58-61-64-67-70-76(79)82-73-74(72-81-75(78)69-66-63-60-57-54-51-48-27-24-21-18-15-12-9-6-3)83-77(80)71-68-65-62-59-56-53-50-46-29-26-23-20-17-14-11-8-5-2/h7-12,16-21,25-29,31-32,34-35,37-38,40-41,43-44,47-50,53-54,57,59,62,74H,4-6,13-15,22-24,30,33,36,39,42,45-46,51-52,55-56,58,60-61,63-73H2,1-3H3/b10-7-,11-8-,12-9-,19-16-,20-17-,21-18-,28-25-,29-26-,32-31-,35-34-,38-37-,41-40-,44-43-,48-27-,49-47-,53-50-,57-54-,62-59-. The topological polar surface area (TPSA) is 78.9 Å². The average Bonchev–Trinajstić information content (AvgIpc) is 3.49. The second-order valence-corrected chi connectivity index (χ2v) is 20.2. The zero-order valence-electron chi connectivity index (χ0n) is 52.4. The molecule has 0 rings (SSSR count). The highest BCUT2D eigenvalue weighted by atomic mass is 16.6. The van der Waals surface area contributed by atoms with Gasteiger partial charge in [-0.25, -0.2) is 0 Å². The van der Waals surface area contributed by atoms with Gasteiger partial charge in [-0.15, -0.1) is 0 Å². The highest BCUT2D eigenvalue weighted by Gasteiger charge is 2.19. The number of rotatable bonds is 55. The van der Waals surface area contributed by atoms with Crippen LogP contribution in [0.4, 0.5) is 0 Å². The number of ether oxygens (including phenoxy) is 3. The van der Waals surface area contributed by atoms with Crippen molar-refractivity contribution in [1.82, 2.24) is 0 Å². The molecule has 0 aliphatic carbocycles. The molecule has 0 heterocycles. The van der Waals surface area contributed by atoms with Crippen LogP contribution >= 0.6 is 0 Å². The van der Waals surface area contributed by atoms with Gasteiger partial charge in [0.15, 0.2) is 6.10 Å². The summed E-state index contributed by atoms with van der Waals surface area (Å²) in [4.78, 5) is 38.3. The number of esters is 3. The van der Waals surface area contributed by atoms with Gasteiger partial charge in [-0.3, -0.25) is 14.4 Å². The van der Waals surface area contributed by atoms with E-state index < -0.39 is 12.1 Å². The maximum absolute atomic E-state index is 12.9. The predicted octanol–water partition coefficient (Wildman–Crippen LogP) is 22.5. The summed E-state index contributed by atoms with van der Waals surface area (Å²) < 4.78 is 16.8. The first-order chi connectivity index (χ1) is 41.0. The Kier molecular flexibility index (Phi) is 63.1. The van der Waals surface area contributed by atoms with E-state index in [1.54, 1.807) is 0 Å². The Balaban J connectivity index is 4.49. The van der Waals surface area contributed by atoms with Crippen LogP contribution in [-0.4, -0.2) is 37.2 Å². The minimum atomic E-state index is -0.849. The lowest BCUT2D eigenvalue weighted by atomic mass is 10.1. The van der Waals surface area contributed by atoms with Crippen molar-refractivity contribution in [3.05, 3.63) is 219 Å². The average molecular weight is 1140 g/mol. The minimum Gasteiger partial charge on any atom is -0.462 e. The Labute approximate surface area is 508 Å². The Bertz CT molecular complexity index is 2080. The van der Waals surface area contributed by atoms with Gasteiger partial charge in [-0.1, -0.05) is 259 Å². The molecule has 0 aromatic heterocycles. The first-order valence-electron chi connectivity index (χ1n) is 32.2. The fraction of sp³-hybridized carbons (Fsp3) is 0.494. The molecule has 0 fully saturated rings. The van der Waals surface area contributed by atoms with Crippen LogP contribution in [0, 0.1) is 0 Å². The summed E-state index contributed by atoms with van der Waals surface area (Å²) in [5, 5.41) is 0. The van der Waals surface area contributed by atoms with Gasteiger partial charge in [0.2, 0.25) is 0 Å². The van der Waals surface area contributed by atoms with Crippen LogP contribution in [0.5, 0.6) is 0 Å². The largest absolute Gasteiger partial charge is 0.462 e. The molecule has 458 valence electrons. The molecule has 1 unspecified atom stereocenters. The van der Waals surface area contributed by atoms with Crippen molar-refractivity contribution in [3.8, 4) is 0 Å². The van der Waals surface area contributed by atoms with Gasteiger partial charge in [-0.05, 0) is 167 Å². The van der Waals surface area contributed by atoms with E-state index in [1.807, 2.05) is 0 Å². The van der Waals surface area contributed by atoms with Crippen LogP contribution in [0.1, 0.15) is 226 Å². The lowest BCUT2D eigenvalue weighted by molar-refractivity contribution is -0.167. The van der Waals surface area contributed by atoms with Crippen LogP contribution in [-0.2, 0) is 28.6 Å². The third-order valence-corrected chi connectivity index (χ3v) is 12.5. The zero-order chi connectivity index (χ0) is 59.9. The summed E-state index contributed by atoms with van der Waals surface area (Å²) in [7, 11) is 0. The Morgan fingerprint density at radius 3 is 0.735 bits per heavy atom. The maximum atomic E-state index is 12.9. The molecule has 6 nitrogen and oxygen atoms in total. The summed E-state index contributed by atoms with van der Waals surface area (Å²) in [5.74, 6) is -1.07. The third-order valence-electron chi connectivity index (χ3n) is 12.5. The summed E-state index contributed by atoms with van der Waals surface area (Å²) in [5.41, 5.74) is 0. The molecule has 0 amide bonds. The molecular formula is C77H114O6. The van der Waals surface area contributed by atoms with E-state index in [4.69, 9.17) is 14.2 Å². The molecule has 0 saturated carbocycles. The first kappa shape index (κ1) is 76.7. The Hall–Kier alpha value is -6.27. The molecule has 0 aromatic rings. The number of unbranched alkanes of at least 4 members (excludes halogenated alkanes) is 8. The molecule has 0 spiro atoms.